The lowest BCUT2D eigenvalue weighted by atomic mass is 9.93. The van der Waals surface area contributed by atoms with Crippen LogP contribution in [0.2, 0.25) is 0 Å². The number of alkyl halides is 2. The highest BCUT2D eigenvalue weighted by Gasteiger charge is 2.52. The van der Waals surface area contributed by atoms with Gasteiger partial charge in [-0.3, -0.25) is 4.79 Å². The van der Waals surface area contributed by atoms with Crippen LogP contribution in [0.4, 0.5) is 0 Å². The highest BCUT2D eigenvalue weighted by Crippen LogP contribution is 2.59. The molecule has 1 aromatic carbocycles. The van der Waals surface area contributed by atoms with Gasteiger partial charge in [0, 0.05) is 18.6 Å². The molecule has 6 heteroatoms. The van der Waals surface area contributed by atoms with E-state index in [4.69, 9.17) is 32.7 Å². The van der Waals surface area contributed by atoms with Crippen molar-refractivity contribution in [1.82, 2.24) is 5.32 Å². The van der Waals surface area contributed by atoms with Crippen LogP contribution in [0.3, 0.4) is 0 Å². The molecule has 1 saturated heterocycles. The molecular formula is C20H27Cl2NO3. The molecule has 4 nitrogen and oxygen atoms in total. The molecule has 0 unspecified atom stereocenters. The van der Waals surface area contributed by atoms with Gasteiger partial charge < -0.3 is 14.8 Å². The van der Waals surface area contributed by atoms with E-state index in [1.54, 1.807) is 13.8 Å². The fourth-order valence-electron chi connectivity index (χ4n) is 3.40. The molecule has 2 aliphatic rings. The number of carbonyl (C=O) groups excluding carboxylic acids is 1. The molecule has 1 aromatic rings. The van der Waals surface area contributed by atoms with Gasteiger partial charge in [0.2, 0.25) is 0 Å². The lowest BCUT2D eigenvalue weighted by molar-refractivity contribution is -0.137. The van der Waals surface area contributed by atoms with Crippen molar-refractivity contribution >= 4 is 29.1 Å². The van der Waals surface area contributed by atoms with Gasteiger partial charge in [0.1, 0.15) is 10.1 Å². The molecule has 1 amide bonds. The molecule has 0 spiro atoms. The third-order valence-corrected chi connectivity index (χ3v) is 5.90. The van der Waals surface area contributed by atoms with E-state index in [0.29, 0.717) is 12.4 Å². The van der Waals surface area contributed by atoms with Gasteiger partial charge in [-0.05, 0) is 64.7 Å². The molecular weight excluding hydrogens is 373 g/mol. The summed E-state index contributed by atoms with van der Waals surface area (Å²) < 4.78 is 11.0. The normalized spacial score (nSPS) is 26.8. The van der Waals surface area contributed by atoms with Crippen molar-refractivity contribution in [2.24, 2.45) is 0 Å². The van der Waals surface area contributed by atoms with E-state index >= 15 is 0 Å². The Bertz CT molecular complexity index is 670. The number of rotatable bonds is 5. The molecule has 0 bridgehead atoms. The first kappa shape index (κ1) is 19.8. The smallest absolute Gasteiger partial charge is 0.263 e. The van der Waals surface area contributed by atoms with Crippen molar-refractivity contribution in [3.8, 4) is 5.75 Å². The molecule has 1 heterocycles. The number of ether oxygens (including phenoxy) is 2. The van der Waals surface area contributed by atoms with Crippen LogP contribution in [0.15, 0.2) is 24.3 Å². The minimum atomic E-state index is -0.966. The third kappa shape index (κ3) is 4.65. The van der Waals surface area contributed by atoms with Gasteiger partial charge in [0.15, 0.2) is 5.60 Å². The van der Waals surface area contributed by atoms with Crippen molar-refractivity contribution in [1.29, 1.82) is 0 Å². The highest BCUT2D eigenvalue weighted by molar-refractivity contribution is 6.51. The van der Waals surface area contributed by atoms with Crippen molar-refractivity contribution in [3.63, 3.8) is 0 Å². The lowest BCUT2D eigenvalue weighted by Crippen LogP contribution is -2.53. The van der Waals surface area contributed by atoms with E-state index < -0.39 is 9.93 Å². The second-order valence-corrected chi connectivity index (χ2v) is 10.0. The Balaban J connectivity index is 1.58. The largest absolute Gasteiger partial charge is 0.478 e. The van der Waals surface area contributed by atoms with Crippen LogP contribution in [0.25, 0.3) is 0 Å². The van der Waals surface area contributed by atoms with Crippen molar-refractivity contribution in [2.45, 2.75) is 74.5 Å². The zero-order chi connectivity index (χ0) is 19.2. The Hall–Kier alpha value is -0.970. The third-order valence-electron chi connectivity index (χ3n) is 5.06. The van der Waals surface area contributed by atoms with Gasteiger partial charge >= 0.3 is 0 Å². The van der Waals surface area contributed by atoms with Crippen molar-refractivity contribution < 1.29 is 14.3 Å². The molecule has 0 radical (unpaired) electrons. The quantitative estimate of drug-likeness (QED) is 0.736. The van der Waals surface area contributed by atoms with Gasteiger partial charge in [-0.2, -0.15) is 0 Å². The first-order valence-electron chi connectivity index (χ1n) is 9.10. The summed E-state index contributed by atoms with van der Waals surface area (Å²) in [5.74, 6) is 0.705. The van der Waals surface area contributed by atoms with E-state index in [2.05, 4.69) is 5.32 Å². The van der Waals surface area contributed by atoms with Crippen LogP contribution in [0, 0.1) is 0 Å². The minimum Gasteiger partial charge on any atom is -0.478 e. The summed E-state index contributed by atoms with van der Waals surface area (Å²) in [6.07, 6.45) is 2.38. The highest BCUT2D eigenvalue weighted by atomic mass is 35.5. The topological polar surface area (TPSA) is 47.6 Å². The first-order valence-corrected chi connectivity index (χ1v) is 9.86. The molecule has 26 heavy (non-hydrogen) atoms. The first-order chi connectivity index (χ1) is 12.0. The summed E-state index contributed by atoms with van der Waals surface area (Å²) in [4.78, 5) is 12.7. The molecule has 2 atom stereocenters. The zero-order valence-electron chi connectivity index (χ0n) is 15.8. The van der Waals surface area contributed by atoms with Crippen LogP contribution in [-0.4, -0.2) is 34.1 Å². The minimum absolute atomic E-state index is 0.104. The number of hydrogen-bond donors (Lipinski definition) is 1. The zero-order valence-corrected chi connectivity index (χ0v) is 17.3. The average Bonchev–Trinajstić information content (AvgIpc) is 3.15. The second kappa shape index (κ2) is 6.88. The lowest BCUT2D eigenvalue weighted by Gasteiger charge is -2.37. The molecule has 1 aliphatic carbocycles. The molecule has 1 N–H and O–H groups in total. The van der Waals surface area contributed by atoms with Gasteiger partial charge in [-0.1, -0.05) is 12.1 Å². The molecule has 2 fully saturated rings. The van der Waals surface area contributed by atoms with Gasteiger partial charge in [-0.15, -0.1) is 23.2 Å². The standard InChI is InChI=1S/C20H27Cl2NO3/c1-18(2)11-14(9-10-25-18)23-17(24)19(3,4)26-15-7-5-13(6-8-15)16-12-20(16,21)22/h5-8,14,16H,9-12H2,1-4H3,(H,23,24)/t14-,16-/m1/s1. The number of nitrogens with one attached hydrogen (secondary N) is 1. The summed E-state index contributed by atoms with van der Waals surface area (Å²) in [6, 6.07) is 7.75. The SMILES string of the molecule is CC1(C)C[C@H](NC(=O)C(C)(C)Oc2ccc([C@H]3CC3(Cl)Cl)cc2)CCO1. The molecule has 1 aliphatic heterocycles. The van der Waals surface area contributed by atoms with E-state index in [1.807, 2.05) is 38.1 Å². The van der Waals surface area contributed by atoms with E-state index in [9.17, 15) is 4.79 Å². The summed E-state index contributed by atoms with van der Waals surface area (Å²) in [7, 11) is 0. The maximum absolute atomic E-state index is 12.7. The van der Waals surface area contributed by atoms with Crippen molar-refractivity contribution in [3.05, 3.63) is 29.8 Å². The average molecular weight is 400 g/mol. The number of amides is 1. The molecule has 1 saturated carbocycles. The Morgan fingerprint density at radius 2 is 1.85 bits per heavy atom. The Kier molecular flexibility index (Phi) is 5.24. The van der Waals surface area contributed by atoms with Gasteiger partial charge in [-0.25, -0.2) is 0 Å². The number of halogens is 2. The fraction of sp³-hybridized carbons (Fsp3) is 0.650. The predicted octanol–water partition coefficient (Wildman–Crippen LogP) is 4.58. The monoisotopic (exact) mass is 399 g/mol. The Morgan fingerprint density at radius 1 is 1.23 bits per heavy atom. The maximum Gasteiger partial charge on any atom is 0.263 e. The van der Waals surface area contributed by atoms with Crippen LogP contribution in [-0.2, 0) is 9.53 Å². The van der Waals surface area contributed by atoms with Crippen LogP contribution in [0.1, 0.15) is 58.4 Å². The van der Waals surface area contributed by atoms with Crippen molar-refractivity contribution in [2.75, 3.05) is 6.61 Å². The maximum atomic E-state index is 12.7. The van der Waals surface area contributed by atoms with E-state index in [0.717, 1.165) is 24.8 Å². The van der Waals surface area contributed by atoms with Gasteiger partial charge in [0.25, 0.3) is 5.91 Å². The summed E-state index contributed by atoms with van der Waals surface area (Å²) in [5, 5.41) is 3.11. The second-order valence-electron chi connectivity index (χ2n) is 8.47. The number of hydrogen-bond acceptors (Lipinski definition) is 3. The van der Waals surface area contributed by atoms with Crippen LogP contribution >= 0.6 is 23.2 Å². The van der Waals surface area contributed by atoms with Crippen LogP contribution < -0.4 is 10.1 Å². The molecule has 144 valence electrons. The molecule has 3 rings (SSSR count). The summed E-state index contributed by atoms with van der Waals surface area (Å²) in [5.41, 5.74) is -0.0827. The number of benzene rings is 1. The van der Waals surface area contributed by atoms with E-state index in [-0.39, 0.29) is 23.5 Å². The fourth-order valence-corrected chi connectivity index (χ4v) is 3.96. The number of carbonyl (C=O) groups is 1. The predicted molar refractivity (Wildman–Crippen MR) is 104 cm³/mol. The molecule has 0 aromatic heterocycles. The van der Waals surface area contributed by atoms with E-state index in [1.165, 1.54) is 0 Å². The Labute approximate surface area is 165 Å². The summed E-state index contributed by atoms with van der Waals surface area (Å²) >= 11 is 12.2. The summed E-state index contributed by atoms with van der Waals surface area (Å²) in [6.45, 7) is 8.31. The van der Waals surface area contributed by atoms with Gasteiger partial charge in [0.05, 0.1) is 5.60 Å². The Morgan fingerprint density at radius 3 is 2.38 bits per heavy atom. The van der Waals surface area contributed by atoms with Crippen LogP contribution in [0.5, 0.6) is 5.75 Å².